The molecule has 1 aromatic heterocycles. The highest BCUT2D eigenvalue weighted by atomic mass is 127. The standard InChI is InChI=1S/C22H30FN5OS.HI/c1-27(2)21(29)15-25-22(24-12-11-18-8-6-14-30-18)26-17-7-5-13-28(16-17)20-10-4-3-9-19(20)23;/h3-4,6,8-10,14,17H,5,7,11-13,15-16H2,1-2H3,(H2,24,25,26);1H. The molecule has 3 rings (SSSR count). The third kappa shape index (κ3) is 7.95. The van der Waals surface area contributed by atoms with Crippen LogP contribution in [0, 0.1) is 5.82 Å². The second kappa shape index (κ2) is 12.8. The van der Waals surface area contributed by atoms with Crippen LogP contribution in [0.15, 0.2) is 46.8 Å². The largest absolute Gasteiger partial charge is 0.367 e. The number of halogens is 2. The molecule has 1 saturated heterocycles. The van der Waals surface area contributed by atoms with Gasteiger partial charge < -0.3 is 20.4 Å². The van der Waals surface area contributed by atoms with Crippen LogP contribution in [0.4, 0.5) is 10.1 Å². The molecule has 0 radical (unpaired) electrons. The van der Waals surface area contributed by atoms with Crippen LogP contribution in [0.25, 0.3) is 0 Å². The summed E-state index contributed by atoms with van der Waals surface area (Å²) in [7, 11) is 3.45. The van der Waals surface area contributed by atoms with Crippen LogP contribution < -0.4 is 15.5 Å². The minimum atomic E-state index is -0.197. The summed E-state index contributed by atoms with van der Waals surface area (Å²) >= 11 is 1.73. The summed E-state index contributed by atoms with van der Waals surface area (Å²) in [4.78, 5) is 21.4. The zero-order valence-electron chi connectivity index (χ0n) is 18.0. The summed E-state index contributed by atoms with van der Waals surface area (Å²) in [6, 6.07) is 11.2. The first-order valence-electron chi connectivity index (χ1n) is 10.3. The molecule has 1 aromatic carbocycles. The van der Waals surface area contributed by atoms with E-state index in [1.54, 1.807) is 31.5 Å². The van der Waals surface area contributed by atoms with Crippen molar-refractivity contribution in [2.75, 3.05) is 45.2 Å². The number of nitrogens with zero attached hydrogens (tertiary/aromatic N) is 3. The third-order valence-electron chi connectivity index (χ3n) is 5.07. The molecule has 1 atom stereocenters. The maximum atomic E-state index is 14.2. The molecule has 1 unspecified atom stereocenters. The number of hydrogen-bond acceptors (Lipinski definition) is 4. The molecule has 1 aliphatic heterocycles. The molecule has 0 spiro atoms. The average Bonchev–Trinajstić information content (AvgIpc) is 3.25. The molecule has 1 aliphatic rings. The first kappa shape index (κ1) is 25.4. The molecular weight excluding hydrogens is 528 g/mol. The van der Waals surface area contributed by atoms with Gasteiger partial charge in [0.05, 0.1) is 5.69 Å². The Bertz CT molecular complexity index is 846. The SMILES string of the molecule is CN(C)C(=O)CN=C(NCCc1cccs1)NC1CCCN(c2ccccc2F)C1.I. The lowest BCUT2D eigenvalue weighted by Gasteiger charge is -2.35. The number of guanidine groups is 1. The number of benzene rings is 1. The summed E-state index contributed by atoms with van der Waals surface area (Å²) in [5, 5.41) is 8.87. The maximum absolute atomic E-state index is 14.2. The van der Waals surface area contributed by atoms with E-state index in [4.69, 9.17) is 0 Å². The topological polar surface area (TPSA) is 60.0 Å². The highest BCUT2D eigenvalue weighted by Crippen LogP contribution is 2.22. The molecule has 9 heteroatoms. The van der Waals surface area contributed by atoms with Crippen molar-refractivity contribution in [2.45, 2.75) is 25.3 Å². The minimum absolute atomic E-state index is 0. The van der Waals surface area contributed by atoms with E-state index in [0.29, 0.717) is 18.2 Å². The van der Waals surface area contributed by atoms with Gasteiger partial charge in [0.25, 0.3) is 0 Å². The van der Waals surface area contributed by atoms with Gasteiger partial charge in [-0.15, -0.1) is 35.3 Å². The summed E-state index contributed by atoms with van der Waals surface area (Å²) in [6.45, 7) is 2.34. The Labute approximate surface area is 204 Å². The zero-order chi connectivity index (χ0) is 21.3. The first-order chi connectivity index (χ1) is 14.5. The summed E-state index contributed by atoms with van der Waals surface area (Å²) in [6.07, 6.45) is 2.83. The number of piperidine rings is 1. The third-order valence-corrected chi connectivity index (χ3v) is 6.01. The molecule has 0 bridgehead atoms. The average molecular weight is 559 g/mol. The molecule has 6 nitrogen and oxygen atoms in total. The molecule has 0 aliphatic carbocycles. The Morgan fingerprint density at radius 3 is 2.81 bits per heavy atom. The molecule has 2 heterocycles. The number of carbonyl (C=O) groups is 1. The first-order valence-corrected chi connectivity index (χ1v) is 11.2. The van der Waals surface area contributed by atoms with Crippen molar-refractivity contribution in [3.8, 4) is 0 Å². The molecule has 31 heavy (non-hydrogen) atoms. The monoisotopic (exact) mass is 559 g/mol. The van der Waals surface area contributed by atoms with E-state index in [0.717, 1.165) is 32.4 Å². The van der Waals surface area contributed by atoms with Gasteiger partial charge in [-0.25, -0.2) is 9.38 Å². The number of para-hydroxylation sites is 1. The minimum Gasteiger partial charge on any atom is -0.367 e. The fourth-order valence-corrected chi connectivity index (χ4v) is 4.12. The summed E-state index contributed by atoms with van der Waals surface area (Å²) in [5.74, 6) is 0.380. The molecule has 1 amide bonds. The Hall–Kier alpha value is -1.88. The fourth-order valence-electron chi connectivity index (χ4n) is 3.41. The van der Waals surface area contributed by atoms with Crippen molar-refractivity contribution in [3.05, 3.63) is 52.5 Å². The van der Waals surface area contributed by atoms with Crippen LogP contribution in [0.3, 0.4) is 0 Å². The second-order valence-corrected chi connectivity index (χ2v) is 8.62. The van der Waals surface area contributed by atoms with Gasteiger partial charge in [-0.2, -0.15) is 0 Å². The van der Waals surface area contributed by atoms with Crippen LogP contribution in [-0.2, 0) is 11.2 Å². The second-order valence-electron chi connectivity index (χ2n) is 7.59. The van der Waals surface area contributed by atoms with Gasteiger partial charge in [0.1, 0.15) is 12.4 Å². The molecular formula is C22H31FIN5OS. The van der Waals surface area contributed by atoms with Crippen LogP contribution in [0.1, 0.15) is 17.7 Å². The quantitative estimate of drug-likeness (QED) is 0.311. The predicted octanol–water partition coefficient (Wildman–Crippen LogP) is 3.34. The Morgan fingerprint density at radius 2 is 2.10 bits per heavy atom. The van der Waals surface area contributed by atoms with Crippen LogP contribution >= 0.6 is 35.3 Å². The molecule has 170 valence electrons. The smallest absolute Gasteiger partial charge is 0.243 e. The Kier molecular flexibility index (Phi) is 10.5. The highest BCUT2D eigenvalue weighted by Gasteiger charge is 2.22. The van der Waals surface area contributed by atoms with E-state index < -0.39 is 0 Å². The van der Waals surface area contributed by atoms with Crippen molar-refractivity contribution in [1.29, 1.82) is 0 Å². The Morgan fingerprint density at radius 1 is 1.29 bits per heavy atom. The highest BCUT2D eigenvalue weighted by molar-refractivity contribution is 14.0. The van der Waals surface area contributed by atoms with Crippen molar-refractivity contribution >= 4 is 52.9 Å². The number of hydrogen-bond donors (Lipinski definition) is 2. The number of anilines is 1. The van der Waals surface area contributed by atoms with Gasteiger partial charge in [0.2, 0.25) is 5.91 Å². The Balaban J connectivity index is 0.00000341. The van der Waals surface area contributed by atoms with E-state index in [1.165, 1.54) is 15.8 Å². The lowest BCUT2D eigenvalue weighted by Crippen LogP contribution is -2.52. The fraction of sp³-hybridized carbons (Fsp3) is 0.455. The molecule has 2 aromatic rings. The molecule has 1 fully saturated rings. The van der Waals surface area contributed by atoms with Crippen molar-refractivity contribution < 1.29 is 9.18 Å². The van der Waals surface area contributed by atoms with Gasteiger partial charge in [-0.3, -0.25) is 4.79 Å². The van der Waals surface area contributed by atoms with Crippen LogP contribution in [0.5, 0.6) is 0 Å². The van der Waals surface area contributed by atoms with Gasteiger partial charge in [-0.05, 0) is 42.8 Å². The number of nitrogens with one attached hydrogen (secondary N) is 2. The zero-order valence-corrected chi connectivity index (χ0v) is 21.2. The lowest BCUT2D eigenvalue weighted by atomic mass is 10.0. The van der Waals surface area contributed by atoms with Gasteiger partial charge in [0, 0.05) is 44.6 Å². The van der Waals surface area contributed by atoms with E-state index in [9.17, 15) is 9.18 Å². The number of likely N-dealkylation sites (N-methyl/N-ethyl adjacent to an activating group) is 1. The molecule has 0 saturated carbocycles. The van der Waals surface area contributed by atoms with Gasteiger partial charge in [0.15, 0.2) is 5.96 Å². The predicted molar refractivity (Wildman–Crippen MR) is 137 cm³/mol. The van der Waals surface area contributed by atoms with Gasteiger partial charge >= 0.3 is 0 Å². The van der Waals surface area contributed by atoms with E-state index in [-0.39, 0.29) is 48.3 Å². The van der Waals surface area contributed by atoms with Gasteiger partial charge in [-0.1, -0.05) is 18.2 Å². The van der Waals surface area contributed by atoms with Crippen molar-refractivity contribution in [3.63, 3.8) is 0 Å². The van der Waals surface area contributed by atoms with Crippen LogP contribution in [-0.4, -0.2) is 63.1 Å². The number of aliphatic imine (C=N–C) groups is 1. The van der Waals surface area contributed by atoms with Crippen LogP contribution in [0.2, 0.25) is 0 Å². The van der Waals surface area contributed by atoms with Crippen molar-refractivity contribution in [2.24, 2.45) is 4.99 Å². The number of rotatable bonds is 7. The normalized spacial score (nSPS) is 16.4. The number of amides is 1. The number of carbonyl (C=O) groups excluding carboxylic acids is 1. The van der Waals surface area contributed by atoms with E-state index >= 15 is 0 Å². The number of thiophene rings is 1. The van der Waals surface area contributed by atoms with E-state index in [1.807, 2.05) is 18.2 Å². The van der Waals surface area contributed by atoms with E-state index in [2.05, 4.69) is 32.0 Å². The summed E-state index contributed by atoms with van der Waals surface area (Å²) in [5.41, 5.74) is 0.635. The molecule has 2 N–H and O–H groups in total. The summed E-state index contributed by atoms with van der Waals surface area (Å²) < 4.78 is 14.2. The van der Waals surface area contributed by atoms with Crippen molar-refractivity contribution in [1.82, 2.24) is 15.5 Å². The maximum Gasteiger partial charge on any atom is 0.243 e. The lowest BCUT2D eigenvalue weighted by molar-refractivity contribution is -0.127.